The number of nitrogens with zero attached hydrogens (tertiary/aromatic N) is 1. The molecule has 0 saturated carbocycles. The second-order valence-electron chi connectivity index (χ2n) is 7.54. The molecule has 3 aromatic rings. The number of hydrogen-bond donors (Lipinski definition) is 2. The van der Waals surface area contributed by atoms with Crippen molar-refractivity contribution in [2.45, 2.75) is 26.8 Å². The lowest BCUT2D eigenvalue weighted by molar-refractivity contribution is -0.114. The first-order chi connectivity index (χ1) is 14.9. The van der Waals surface area contributed by atoms with Crippen LogP contribution in [0.15, 0.2) is 53.9 Å². The minimum atomic E-state index is -0.305. The fraction of sp³-hybridized carbons (Fsp3) is 0.208. The number of carbonyl (C=O) groups is 3. The maximum Gasteiger partial charge on any atom is 0.255 e. The van der Waals surface area contributed by atoms with E-state index in [2.05, 4.69) is 22.1 Å². The molecule has 0 atom stereocenters. The summed E-state index contributed by atoms with van der Waals surface area (Å²) in [4.78, 5) is 40.4. The Morgan fingerprint density at radius 3 is 2.65 bits per heavy atom. The van der Waals surface area contributed by atoms with E-state index >= 15 is 0 Å². The number of carbonyl (C=O) groups excluding carboxylic acids is 3. The maximum absolute atomic E-state index is 13.2. The standard InChI is InChI=1S/C24H23N3O3S/c1-15-20(24(30)27-11-9-22-18(14-27)10-12-31-22)7-4-8-21(15)26-23(29)17-5-3-6-19(13-17)25-16(2)28/h3-8,10,12-13H,9,11,14H2,1-2H3,(H,25,28)(H,26,29). The summed E-state index contributed by atoms with van der Waals surface area (Å²) in [5, 5.41) is 7.64. The van der Waals surface area contributed by atoms with Crippen LogP contribution in [-0.2, 0) is 17.8 Å². The highest BCUT2D eigenvalue weighted by Gasteiger charge is 2.24. The number of amides is 3. The molecular formula is C24H23N3O3S. The van der Waals surface area contributed by atoms with Crippen LogP contribution in [0.5, 0.6) is 0 Å². The molecule has 3 amide bonds. The molecule has 7 heteroatoms. The van der Waals surface area contributed by atoms with Gasteiger partial charge in [-0.05, 0) is 66.2 Å². The predicted molar refractivity (Wildman–Crippen MR) is 123 cm³/mol. The van der Waals surface area contributed by atoms with Gasteiger partial charge in [-0.25, -0.2) is 0 Å². The van der Waals surface area contributed by atoms with Gasteiger partial charge in [-0.1, -0.05) is 12.1 Å². The molecule has 0 bridgehead atoms. The fourth-order valence-corrected chi connectivity index (χ4v) is 4.62. The van der Waals surface area contributed by atoms with Crippen LogP contribution in [0.2, 0.25) is 0 Å². The molecule has 0 saturated heterocycles. The third-order valence-corrected chi connectivity index (χ3v) is 6.38. The molecule has 0 aliphatic carbocycles. The van der Waals surface area contributed by atoms with Crippen molar-refractivity contribution >= 4 is 40.4 Å². The number of anilines is 2. The Hall–Kier alpha value is -3.45. The maximum atomic E-state index is 13.2. The predicted octanol–water partition coefficient (Wildman–Crippen LogP) is 4.47. The summed E-state index contributed by atoms with van der Waals surface area (Å²) >= 11 is 1.74. The van der Waals surface area contributed by atoms with Crippen LogP contribution in [0.4, 0.5) is 11.4 Å². The Kier molecular flexibility index (Phi) is 5.86. The average Bonchev–Trinajstić information content (AvgIpc) is 3.22. The van der Waals surface area contributed by atoms with E-state index < -0.39 is 0 Å². The zero-order valence-corrected chi connectivity index (χ0v) is 18.2. The van der Waals surface area contributed by atoms with Crippen LogP contribution >= 0.6 is 11.3 Å². The van der Waals surface area contributed by atoms with E-state index in [4.69, 9.17) is 0 Å². The molecule has 1 aromatic heterocycles. The molecule has 0 unspecified atom stereocenters. The molecule has 6 nitrogen and oxygen atoms in total. The van der Waals surface area contributed by atoms with Crippen molar-refractivity contribution < 1.29 is 14.4 Å². The van der Waals surface area contributed by atoms with Crippen molar-refractivity contribution in [1.29, 1.82) is 0 Å². The monoisotopic (exact) mass is 433 g/mol. The largest absolute Gasteiger partial charge is 0.334 e. The van der Waals surface area contributed by atoms with Gasteiger partial charge in [0.15, 0.2) is 0 Å². The summed E-state index contributed by atoms with van der Waals surface area (Å²) in [6, 6.07) is 14.2. The third kappa shape index (κ3) is 4.51. The van der Waals surface area contributed by atoms with Gasteiger partial charge in [-0.3, -0.25) is 14.4 Å². The van der Waals surface area contributed by atoms with Gasteiger partial charge in [0, 0.05) is 47.4 Å². The zero-order chi connectivity index (χ0) is 22.0. The molecule has 158 valence electrons. The van der Waals surface area contributed by atoms with E-state index in [1.807, 2.05) is 11.8 Å². The number of nitrogens with one attached hydrogen (secondary N) is 2. The number of benzene rings is 2. The number of fused-ring (bicyclic) bond motifs is 1. The van der Waals surface area contributed by atoms with Gasteiger partial charge in [0.2, 0.25) is 5.91 Å². The van der Waals surface area contributed by atoms with Crippen molar-refractivity contribution in [3.05, 3.63) is 81.0 Å². The molecule has 31 heavy (non-hydrogen) atoms. The molecule has 0 radical (unpaired) electrons. The van der Waals surface area contributed by atoms with Crippen molar-refractivity contribution in [3.8, 4) is 0 Å². The minimum Gasteiger partial charge on any atom is -0.334 e. The summed E-state index contributed by atoms with van der Waals surface area (Å²) < 4.78 is 0. The quantitative estimate of drug-likeness (QED) is 0.637. The first kappa shape index (κ1) is 20.8. The smallest absolute Gasteiger partial charge is 0.255 e. The van der Waals surface area contributed by atoms with Crippen LogP contribution in [0.25, 0.3) is 0 Å². The molecule has 2 aromatic carbocycles. The number of thiophene rings is 1. The summed E-state index contributed by atoms with van der Waals surface area (Å²) in [5.74, 6) is -0.536. The second kappa shape index (κ2) is 8.73. The van der Waals surface area contributed by atoms with Gasteiger partial charge >= 0.3 is 0 Å². The van der Waals surface area contributed by atoms with E-state index in [1.54, 1.807) is 53.8 Å². The van der Waals surface area contributed by atoms with Crippen LogP contribution in [0, 0.1) is 6.92 Å². The SMILES string of the molecule is CC(=O)Nc1cccc(C(=O)Nc2cccc(C(=O)N3CCc4sccc4C3)c2C)c1. The number of rotatable bonds is 4. The summed E-state index contributed by atoms with van der Waals surface area (Å²) in [5.41, 5.74) is 4.10. The molecular weight excluding hydrogens is 410 g/mol. The first-order valence-electron chi connectivity index (χ1n) is 10.1. The highest BCUT2D eigenvalue weighted by molar-refractivity contribution is 7.10. The van der Waals surface area contributed by atoms with Gasteiger partial charge in [0.1, 0.15) is 0 Å². The average molecular weight is 434 g/mol. The van der Waals surface area contributed by atoms with E-state index in [1.165, 1.54) is 17.4 Å². The van der Waals surface area contributed by atoms with Crippen molar-refractivity contribution in [1.82, 2.24) is 4.90 Å². The van der Waals surface area contributed by atoms with Gasteiger partial charge in [0.25, 0.3) is 11.8 Å². The molecule has 2 N–H and O–H groups in total. The molecule has 1 aliphatic heterocycles. The van der Waals surface area contributed by atoms with Crippen molar-refractivity contribution in [2.75, 3.05) is 17.2 Å². The Bertz CT molecular complexity index is 1170. The van der Waals surface area contributed by atoms with E-state index in [0.717, 1.165) is 12.0 Å². The van der Waals surface area contributed by atoms with Crippen molar-refractivity contribution in [3.63, 3.8) is 0 Å². The molecule has 2 heterocycles. The highest BCUT2D eigenvalue weighted by atomic mass is 32.1. The fourth-order valence-electron chi connectivity index (χ4n) is 3.73. The lowest BCUT2D eigenvalue weighted by Gasteiger charge is -2.28. The highest BCUT2D eigenvalue weighted by Crippen LogP contribution is 2.27. The topological polar surface area (TPSA) is 78.5 Å². The number of hydrogen-bond acceptors (Lipinski definition) is 4. The van der Waals surface area contributed by atoms with Gasteiger partial charge in [-0.15, -0.1) is 11.3 Å². The summed E-state index contributed by atoms with van der Waals surface area (Å²) in [6.45, 7) is 4.57. The van der Waals surface area contributed by atoms with Crippen LogP contribution < -0.4 is 10.6 Å². The molecule has 4 rings (SSSR count). The van der Waals surface area contributed by atoms with Crippen LogP contribution in [-0.4, -0.2) is 29.2 Å². The third-order valence-electron chi connectivity index (χ3n) is 5.35. The van der Waals surface area contributed by atoms with Gasteiger partial charge in [-0.2, -0.15) is 0 Å². The van der Waals surface area contributed by atoms with Gasteiger partial charge < -0.3 is 15.5 Å². The Morgan fingerprint density at radius 1 is 1.03 bits per heavy atom. The minimum absolute atomic E-state index is 0.0295. The Balaban J connectivity index is 1.52. The summed E-state index contributed by atoms with van der Waals surface area (Å²) in [6.07, 6.45) is 0.874. The van der Waals surface area contributed by atoms with Crippen molar-refractivity contribution in [2.24, 2.45) is 0 Å². The molecule has 0 spiro atoms. The van der Waals surface area contributed by atoms with E-state index in [-0.39, 0.29) is 17.7 Å². The molecule has 1 aliphatic rings. The second-order valence-corrected chi connectivity index (χ2v) is 8.54. The van der Waals surface area contributed by atoms with E-state index in [0.29, 0.717) is 35.6 Å². The lowest BCUT2D eigenvalue weighted by atomic mass is 10.0. The Labute approximate surface area is 184 Å². The van der Waals surface area contributed by atoms with Crippen LogP contribution in [0.3, 0.4) is 0 Å². The summed E-state index contributed by atoms with van der Waals surface area (Å²) in [7, 11) is 0. The lowest BCUT2D eigenvalue weighted by Crippen LogP contribution is -2.35. The van der Waals surface area contributed by atoms with Gasteiger partial charge in [0.05, 0.1) is 0 Å². The first-order valence-corrected chi connectivity index (χ1v) is 10.9. The normalized spacial score (nSPS) is 12.8. The zero-order valence-electron chi connectivity index (χ0n) is 17.4. The Morgan fingerprint density at radius 2 is 1.84 bits per heavy atom. The van der Waals surface area contributed by atoms with E-state index in [9.17, 15) is 14.4 Å². The van der Waals surface area contributed by atoms with Crippen LogP contribution in [0.1, 0.15) is 43.6 Å². The molecule has 0 fully saturated rings.